The second-order valence-corrected chi connectivity index (χ2v) is 8.80. The van der Waals surface area contributed by atoms with Crippen molar-refractivity contribution in [3.05, 3.63) is 24.3 Å². The zero-order chi connectivity index (χ0) is 19.8. The highest BCUT2D eigenvalue weighted by Crippen LogP contribution is 2.53. The highest BCUT2D eigenvalue weighted by molar-refractivity contribution is 5.81. The molecule has 1 fully saturated rings. The molecule has 0 unspecified atom stereocenters. The summed E-state index contributed by atoms with van der Waals surface area (Å²) >= 11 is 0. The smallest absolute Gasteiger partial charge is 0.220 e. The van der Waals surface area contributed by atoms with Crippen LogP contribution in [0.4, 0.5) is 0 Å². The van der Waals surface area contributed by atoms with Gasteiger partial charge in [0.05, 0.1) is 18.1 Å². The lowest BCUT2D eigenvalue weighted by molar-refractivity contribution is -0.141. The number of carbonyl (C=O) groups excluding carboxylic acids is 2. The predicted molar refractivity (Wildman–Crippen MR) is 105 cm³/mol. The molecule has 1 saturated carbocycles. The molecule has 0 bridgehead atoms. The average Bonchev–Trinajstić information content (AvgIpc) is 3.00. The van der Waals surface area contributed by atoms with E-state index in [9.17, 15) is 9.59 Å². The minimum Gasteiger partial charge on any atom is -0.351 e. The second kappa shape index (κ2) is 7.41. The van der Waals surface area contributed by atoms with Gasteiger partial charge in [0.15, 0.2) is 0 Å². The van der Waals surface area contributed by atoms with E-state index in [2.05, 4.69) is 43.3 Å². The van der Waals surface area contributed by atoms with E-state index in [1.165, 1.54) is 0 Å². The van der Waals surface area contributed by atoms with E-state index < -0.39 is 0 Å². The largest absolute Gasteiger partial charge is 0.351 e. The number of Topliss-reactive ketones (excluding diaryl/α,β-unsaturated/α-hetero) is 1. The average molecular weight is 370 g/mol. The van der Waals surface area contributed by atoms with E-state index in [0.717, 1.165) is 17.5 Å². The first kappa shape index (κ1) is 19.5. The number of nitrogens with zero attached hydrogens (tertiary/aromatic N) is 3. The standard InChI is InChI=1S/C21H30N4O2/c1-13(2)18(12-25-19-9-7-6-8-17(19)23-24-25)22-20(27)11-15-10-16(14(3)26)21(15,4)5/h6-9,13,15-16,18H,10-12H2,1-5H3,(H,22,27)/t15-,16+,18+/m0/s1. The molecule has 3 atom stereocenters. The van der Waals surface area contributed by atoms with E-state index in [0.29, 0.717) is 13.0 Å². The van der Waals surface area contributed by atoms with E-state index in [4.69, 9.17) is 0 Å². The lowest BCUT2D eigenvalue weighted by Crippen LogP contribution is -2.51. The Labute approximate surface area is 160 Å². The Kier molecular flexibility index (Phi) is 5.36. The van der Waals surface area contributed by atoms with Crippen LogP contribution in [0.25, 0.3) is 11.0 Å². The van der Waals surface area contributed by atoms with Crippen LogP contribution in [-0.4, -0.2) is 32.7 Å². The first-order chi connectivity index (χ1) is 12.7. The van der Waals surface area contributed by atoms with Crippen LogP contribution in [0.15, 0.2) is 24.3 Å². The molecule has 0 aliphatic heterocycles. The third-order valence-corrected chi connectivity index (χ3v) is 6.33. The molecule has 2 aromatic rings. The van der Waals surface area contributed by atoms with Crippen LogP contribution >= 0.6 is 0 Å². The maximum Gasteiger partial charge on any atom is 0.220 e. The molecule has 0 radical (unpaired) electrons. The molecule has 1 aromatic carbocycles. The number of hydrogen-bond acceptors (Lipinski definition) is 4. The maximum atomic E-state index is 12.7. The SMILES string of the molecule is CC(=O)[C@H]1C[C@@H](CC(=O)N[C@H](Cn2nnc3ccccc32)C(C)C)C1(C)C. The van der Waals surface area contributed by atoms with Gasteiger partial charge in [-0.1, -0.05) is 45.0 Å². The van der Waals surface area contributed by atoms with Gasteiger partial charge in [-0.3, -0.25) is 9.59 Å². The van der Waals surface area contributed by atoms with Gasteiger partial charge < -0.3 is 5.32 Å². The van der Waals surface area contributed by atoms with Gasteiger partial charge in [-0.2, -0.15) is 0 Å². The summed E-state index contributed by atoms with van der Waals surface area (Å²) in [6.45, 7) is 10.6. The molecule has 1 heterocycles. The molecule has 6 nitrogen and oxygen atoms in total. The summed E-state index contributed by atoms with van der Waals surface area (Å²) in [5.41, 5.74) is 1.73. The number of rotatable bonds is 7. The Morgan fingerprint density at radius 1 is 1.30 bits per heavy atom. The Hall–Kier alpha value is -2.24. The summed E-state index contributed by atoms with van der Waals surface area (Å²) in [6, 6.07) is 7.82. The molecule has 27 heavy (non-hydrogen) atoms. The number of hydrogen-bond donors (Lipinski definition) is 1. The first-order valence-electron chi connectivity index (χ1n) is 9.78. The fourth-order valence-corrected chi connectivity index (χ4v) is 4.20. The van der Waals surface area contributed by atoms with Gasteiger partial charge in [0.25, 0.3) is 0 Å². The maximum absolute atomic E-state index is 12.7. The van der Waals surface area contributed by atoms with Crippen LogP contribution in [-0.2, 0) is 16.1 Å². The third-order valence-electron chi connectivity index (χ3n) is 6.33. The molecule has 0 saturated heterocycles. The van der Waals surface area contributed by atoms with Crippen molar-refractivity contribution in [3.8, 4) is 0 Å². The van der Waals surface area contributed by atoms with Crippen molar-refractivity contribution < 1.29 is 9.59 Å². The number of benzene rings is 1. The molecule has 3 rings (SSSR count). The highest BCUT2D eigenvalue weighted by Gasteiger charge is 2.50. The number of para-hydroxylation sites is 1. The molecule has 0 spiro atoms. The van der Waals surface area contributed by atoms with Crippen molar-refractivity contribution in [2.24, 2.45) is 23.2 Å². The van der Waals surface area contributed by atoms with Crippen molar-refractivity contribution in [3.63, 3.8) is 0 Å². The molecule has 1 aliphatic rings. The van der Waals surface area contributed by atoms with Crippen molar-refractivity contribution >= 4 is 22.7 Å². The summed E-state index contributed by atoms with van der Waals surface area (Å²) in [5.74, 6) is 0.897. The molecule has 146 valence electrons. The Bertz CT molecular complexity index is 840. The minimum absolute atomic E-state index is 0.0191. The number of nitrogens with one attached hydrogen (secondary N) is 1. The molecular formula is C21H30N4O2. The minimum atomic E-state index is -0.0986. The van der Waals surface area contributed by atoms with Crippen LogP contribution in [0.5, 0.6) is 0 Å². The fourth-order valence-electron chi connectivity index (χ4n) is 4.20. The van der Waals surface area contributed by atoms with Gasteiger partial charge in [-0.15, -0.1) is 5.10 Å². The summed E-state index contributed by atoms with van der Waals surface area (Å²) in [4.78, 5) is 24.4. The first-order valence-corrected chi connectivity index (χ1v) is 9.78. The number of carbonyl (C=O) groups is 2. The van der Waals surface area contributed by atoms with Crippen LogP contribution in [0.2, 0.25) is 0 Å². The molecule has 1 amide bonds. The van der Waals surface area contributed by atoms with Gasteiger partial charge in [0, 0.05) is 12.3 Å². The Balaban J connectivity index is 1.63. The van der Waals surface area contributed by atoms with Crippen molar-refractivity contribution in [2.75, 3.05) is 0 Å². The molecule has 1 N–H and O–H groups in total. The quantitative estimate of drug-likeness (QED) is 0.812. The van der Waals surface area contributed by atoms with Crippen LogP contribution in [0, 0.1) is 23.2 Å². The summed E-state index contributed by atoms with van der Waals surface area (Å²) in [6.07, 6.45) is 1.29. The Morgan fingerprint density at radius 2 is 2.00 bits per heavy atom. The van der Waals surface area contributed by atoms with Gasteiger partial charge in [-0.25, -0.2) is 4.68 Å². The molecule has 1 aromatic heterocycles. The molecule has 1 aliphatic carbocycles. The zero-order valence-electron chi connectivity index (χ0n) is 16.9. The second-order valence-electron chi connectivity index (χ2n) is 8.80. The van der Waals surface area contributed by atoms with Gasteiger partial charge in [0.2, 0.25) is 5.91 Å². The van der Waals surface area contributed by atoms with Crippen molar-refractivity contribution in [2.45, 2.75) is 60.0 Å². The fraction of sp³-hybridized carbons (Fsp3) is 0.619. The van der Waals surface area contributed by atoms with E-state index in [1.807, 2.05) is 28.9 Å². The molecule has 6 heteroatoms. The third kappa shape index (κ3) is 3.89. The number of fused-ring (bicyclic) bond motifs is 1. The summed E-state index contributed by atoms with van der Waals surface area (Å²) < 4.78 is 1.86. The van der Waals surface area contributed by atoms with Crippen LogP contribution in [0.3, 0.4) is 0 Å². The lowest BCUT2D eigenvalue weighted by Gasteiger charge is -2.51. The van der Waals surface area contributed by atoms with Gasteiger partial charge in [0.1, 0.15) is 11.3 Å². The number of ketones is 1. The molecular weight excluding hydrogens is 340 g/mol. The topological polar surface area (TPSA) is 76.9 Å². The van der Waals surface area contributed by atoms with Gasteiger partial charge >= 0.3 is 0 Å². The van der Waals surface area contributed by atoms with E-state index in [1.54, 1.807) is 6.92 Å². The van der Waals surface area contributed by atoms with E-state index in [-0.39, 0.29) is 40.9 Å². The monoisotopic (exact) mass is 370 g/mol. The van der Waals surface area contributed by atoms with Gasteiger partial charge in [-0.05, 0) is 42.7 Å². The van der Waals surface area contributed by atoms with Crippen LogP contribution in [0.1, 0.15) is 47.5 Å². The predicted octanol–water partition coefficient (Wildman–Crippen LogP) is 3.21. The van der Waals surface area contributed by atoms with Crippen molar-refractivity contribution in [1.82, 2.24) is 20.3 Å². The summed E-state index contributed by atoms with van der Waals surface area (Å²) in [7, 11) is 0. The van der Waals surface area contributed by atoms with E-state index >= 15 is 0 Å². The van der Waals surface area contributed by atoms with Crippen LogP contribution < -0.4 is 5.32 Å². The normalized spacial score (nSPS) is 22.4. The number of aromatic nitrogens is 3. The Morgan fingerprint density at radius 3 is 2.63 bits per heavy atom. The lowest BCUT2D eigenvalue weighted by atomic mass is 9.52. The number of amides is 1. The highest BCUT2D eigenvalue weighted by atomic mass is 16.1. The summed E-state index contributed by atoms with van der Waals surface area (Å²) in [5, 5.41) is 11.6. The van der Waals surface area contributed by atoms with Crippen molar-refractivity contribution in [1.29, 1.82) is 0 Å². The zero-order valence-corrected chi connectivity index (χ0v) is 16.9.